The van der Waals surface area contributed by atoms with Gasteiger partial charge in [0, 0.05) is 30.6 Å². The second-order valence-electron chi connectivity index (χ2n) is 5.75. The first kappa shape index (κ1) is 18.3. The molecule has 134 valence electrons. The summed E-state index contributed by atoms with van der Waals surface area (Å²) < 4.78 is 0. The third-order valence-corrected chi connectivity index (χ3v) is 4.68. The van der Waals surface area contributed by atoms with E-state index < -0.39 is 0 Å². The Balaban J connectivity index is 1.43. The van der Waals surface area contributed by atoms with E-state index in [1.54, 1.807) is 12.3 Å². The number of carbonyl (C=O) groups excluding carboxylic acids is 1. The summed E-state index contributed by atoms with van der Waals surface area (Å²) in [5.74, 6) is 0.460. The summed E-state index contributed by atoms with van der Waals surface area (Å²) in [6.07, 6.45) is 2.75. The molecule has 26 heavy (non-hydrogen) atoms. The predicted molar refractivity (Wildman–Crippen MR) is 105 cm³/mol. The van der Waals surface area contributed by atoms with Crippen LogP contribution in [0.15, 0.2) is 42.6 Å². The standard InChI is InChI=1S/C18H18ClN5OS/c1-12-2-7-15(21-11-12)22-16(25)8-9-20-18-24-23-17(26-18)10-13-3-5-14(19)6-4-13/h2-7,11H,8-10H2,1H3,(H,20,24)(H,21,22,25). The topological polar surface area (TPSA) is 79.8 Å². The van der Waals surface area contributed by atoms with Crippen molar-refractivity contribution in [1.82, 2.24) is 15.2 Å². The van der Waals surface area contributed by atoms with Crippen LogP contribution in [0.3, 0.4) is 0 Å². The maximum absolute atomic E-state index is 11.9. The third-order valence-electron chi connectivity index (χ3n) is 3.54. The number of anilines is 2. The molecule has 1 aromatic carbocycles. The number of hydrogen-bond acceptors (Lipinski definition) is 6. The van der Waals surface area contributed by atoms with E-state index in [1.165, 1.54) is 11.3 Å². The second-order valence-corrected chi connectivity index (χ2v) is 7.25. The van der Waals surface area contributed by atoms with Crippen molar-refractivity contribution < 1.29 is 4.79 Å². The van der Waals surface area contributed by atoms with E-state index in [1.807, 2.05) is 37.3 Å². The zero-order valence-corrected chi connectivity index (χ0v) is 15.8. The van der Waals surface area contributed by atoms with Crippen molar-refractivity contribution in [3.63, 3.8) is 0 Å². The minimum atomic E-state index is -0.0974. The van der Waals surface area contributed by atoms with Crippen molar-refractivity contribution in [1.29, 1.82) is 0 Å². The van der Waals surface area contributed by atoms with Crippen LogP contribution in [0.5, 0.6) is 0 Å². The van der Waals surface area contributed by atoms with E-state index in [9.17, 15) is 4.79 Å². The molecular formula is C18H18ClN5OS. The molecule has 0 bridgehead atoms. The molecule has 3 aromatic rings. The molecule has 6 nitrogen and oxygen atoms in total. The van der Waals surface area contributed by atoms with Crippen molar-refractivity contribution in [2.24, 2.45) is 0 Å². The fraction of sp³-hybridized carbons (Fsp3) is 0.222. The van der Waals surface area contributed by atoms with Gasteiger partial charge in [-0.2, -0.15) is 0 Å². The van der Waals surface area contributed by atoms with E-state index >= 15 is 0 Å². The highest BCUT2D eigenvalue weighted by atomic mass is 35.5. The monoisotopic (exact) mass is 387 g/mol. The SMILES string of the molecule is Cc1ccc(NC(=O)CCNc2nnc(Cc3ccc(Cl)cc3)s2)nc1. The molecule has 1 amide bonds. The molecule has 0 aliphatic heterocycles. The number of halogens is 1. The molecule has 2 N–H and O–H groups in total. The van der Waals surface area contributed by atoms with Crippen molar-refractivity contribution in [2.75, 3.05) is 17.2 Å². The summed E-state index contributed by atoms with van der Waals surface area (Å²) in [6.45, 7) is 2.43. The molecule has 0 fully saturated rings. The Morgan fingerprint density at radius 1 is 1.15 bits per heavy atom. The minimum Gasteiger partial charge on any atom is -0.360 e. The van der Waals surface area contributed by atoms with Crippen molar-refractivity contribution in [3.05, 3.63) is 63.8 Å². The Morgan fingerprint density at radius 3 is 2.69 bits per heavy atom. The molecule has 0 atom stereocenters. The van der Waals surface area contributed by atoms with Gasteiger partial charge in [-0.25, -0.2) is 4.98 Å². The Hall–Kier alpha value is -2.51. The zero-order valence-electron chi connectivity index (χ0n) is 14.2. The second kappa shape index (κ2) is 8.73. The van der Waals surface area contributed by atoms with E-state index in [-0.39, 0.29) is 5.91 Å². The lowest BCUT2D eigenvalue weighted by atomic mass is 10.2. The Bertz CT molecular complexity index is 864. The fourth-order valence-corrected chi connectivity index (χ4v) is 3.13. The summed E-state index contributed by atoms with van der Waals surface area (Å²) in [5, 5.41) is 16.5. The van der Waals surface area contributed by atoms with E-state index in [4.69, 9.17) is 11.6 Å². The Labute approximate surface area is 160 Å². The Morgan fingerprint density at radius 2 is 1.96 bits per heavy atom. The molecule has 8 heteroatoms. The first-order valence-corrected chi connectivity index (χ1v) is 9.31. The number of nitrogens with one attached hydrogen (secondary N) is 2. The molecule has 2 aromatic heterocycles. The largest absolute Gasteiger partial charge is 0.360 e. The normalized spacial score (nSPS) is 10.5. The highest BCUT2D eigenvalue weighted by Gasteiger charge is 2.07. The molecule has 0 spiro atoms. The van der Waals surface area contributed by atoms with Crippen LogP contribution in [0.25, 0.3) is 0 Å². The number of rotatable bonds is 7. The van der Waals surface area contributed by atoms with Crippen LogP contribution >= 0.6 is 22.9 Å². The van der Waals surface area contributed by atoms with Crippen molar-refractivity contribution >= 4 is 39.8 Å². The van der Waals surface area contributed by atoms with Crippen molar-refractivity contribution in [3.8, 4) is 0 Å². The van der Waals surface area contributed by atoms with Gasteiger partial charge in [-0.15, -0.1) is 10.2 Å². The molecule has 0 radical (unpaired) electrons. The molecule has 0 saturated carbocycles. The van der Waals surface area contributed by atoms with Crippen LogP contribution in [0.4, 0.5) is 10.9 Å². The van der Waals surface area contributed by atoms with Gasteiger partial charge in [0.25, 0.3) is 0 Å². The van der Waals surface area contributed by atoms with Gasteiger partial charge in [-0.3, -0.25) is 4.79 Å². The van der Waals surface area contributed by atoms with Gasteiger partial charge in [0.15, 0.2) is 0 Å². The summed E-state index contributed by atoms with van der Waals surface area (Å²) in [6, 6.07) is 11.4. The van der Waals surface area contributed by atoms with Gasteiger partial charge in [0.1, 0.15) is 10.8 Å². The molecule has 2 heterocycles. The van der Waals surface area contributed by atoms with E-state index in [0.29, 0.717) is 35.4 Å². The number of amides is 1. The van der Waals surface area contributed by atoms with Gasteiger partial charge in [-0.05, 0) is 36.2 Å². The summed E-state index contributed by atoms with van der Waals surface area (Å²) in [4.78, 5) is 16.1. The molecule has 3 rings (SSSR count). The number of nitrogens with zero attached hydrogens (tertiary/aromatic N) is 3. The molecule has 0 unspecified atom stereocenters. The van der Waals surface area contributed by atoms with E-state index in [2.05, 4.69) is 25.8 Å². The summed E-state index contributed by atoms with van der Waals surface area (Å²) in [7, 11) is 0. The van der Waals surface area contributed by atoms with Crippen molar-refractivity contribution in [2.45, 2.75) is 19.8 Å². The van der Waals surface area contributed by atoms with Crippen LogP contribution in [0, 0.1) is 6.92 Å². The molecule has 0 saturated heterocycles. The maximum Gasteiger partial charge on any atom is 0.227 e. The van der Waals surface area contributed by atoms with Crippen LogP contribution in [0.2, 0.25) is 5.02 Å². The van der Waals surface area contributed by atoms with Crippen LogP contribution in [0.1, 0.15) is 22.6 Å². The fourth-order valence-electron chi connectivity index (χ4n) is 2.20. The first-order chi connectivity index (χ1) is 12.6. The molecule has 0 aliphatic carbocycles. The van der Waals surface area contributed by atoms with Gasteiger partial charge in [0.05, 0.1) is 0 Å². The van der Waals surface area contributed by atoms with E-state index in [0.717, 1.165) is 16.1 Å². The lowest BCUT2D eigenvalue weighted by Gasteiger charge is -2.05. The highest BCUT2D eigenvalue weighted by Crippen LogP contribution is 2.19. The van der Waals surface area contributed by atoms with Gasteiger partial charge in [-0.1, -0.05) is 41.1 Å². The highest BCUT2D eigenvalue weighted by molar-refractivity contribution is 7.15. The quantitative estimate of drug-likeness (QED) is 0.642. The lowest BCUT2D eigenvalue weighted by molar-refractivity contribution is -0.116. The number of hydrogen-bond donors (Lipinski definition) is 2. The summed E-state index contributed by atoms with van der Waals surface area (Å²) >= 11 is 7.37. The maximum atomic E-state index is 11.9. The van der Waals surface area contributed by atoms with Crippen LogP contribution < -0.4 is 10.6 Å². The number of aryl methyl sites for hydroxylation is 1. The van der Waals surface area contributed by atoms with Gasteiger partial charge >= 0.3 is 0 Å². The predicted octanol–water partition coefficient (Wildman–Crippen LogP) is 3.93. The lowest BCUT2D eigenvalue weighted by Crippen LogP contribution is -2.16. The average Bonchev–Trinajstić information content (AvgIpc) is 3.06. The summed E-state index contributed by atoms with van der Waals surface area (Å²) in [5.41, 5.74) is 2.18. The van der Waals surface area contributed by atoms with Gasteiger partial charge in [0.2, 0.25) is 11.0 Å². The van der Waals surface area contributed by atoms with Gasteiger partial charge < -0.3 is 10.6 Å². The molecular weight excluding hydrogens is 370 g/mol. The smallest absolute Gasteiger partial charge is 0.227 e. The third kappa shape index (κ3) is 5.50. The number of carbonyl (C=O) groups is 1. The van der Waals surface area contributed by atoms with Crippen LogP contribution in [-0.2, 0) is 11.2 Å². The number of benzene rings is 1. The Kier molecular flexibility index (Phi) is 6.14. The zero-order chi connectivity index (χ0) is 18.4. The van der Waals surface area contributed by atoms with Crippen LogP contribution in [-0.4, -0.2) is 27.6 Å². The molecule has 0 aliphatic rings. The number of aromatic nitrogens is 3. The number of pyridine rings is 1. The first-order valence-electron chi connectivity index (χ1n) is 8.12. The minimum absolute atomic E-state index is 0.0974. The average molecular weight is 388 g/mol.